The fourth-order valence-electron chi connectivity index (χ4n) is 2.37. The molecule has 0 aliphatic carbocycles. The van der Waals surface area contributed by atoms with Crippen molar-refractivity contribution in [2.75, 3.05) is 19.9 Å². The first-order chi connectivity index (χ1) is 9.74. The molecule has 0 spiro atoms. The van der Waals surface area contributed by atoms with Gasteiger partial charge in [-0.3, -0.25) is 9.59 Å². The van der Waals surface area contributed by atoms with Crippen molar-refractivity contribution in [1.29, 1.82) is 0 Å². The molecule has 106 valence electrons. The molecule has 2 aliphatic rings. The SMILES string of the molecule is O=C(NCc1ccc2c(c1)OCO2)C(=O)N1CCCC1. The highest BCUT2D eigenvalue weighted by atomic mass is 16.7. The Bertz CT molecular complexity index is 538. The summed E-state index contributed by atoms with van der Waals surface area (Å²) in [7, 11) is 0. The van der Waals surface area contributed by atoms with Crippen molar-refractivity contribution in [3.63, 3.8) is 0 Å². The van der Waals surface area contributed by atoms with Gasteiger partial charge in [-0.15, -0.1) is 0 Å². The standard InChI is InChI=1S/C14H16N2O4/c17-13(14(18)16-5-1-2-6-16)15-8-10-3-4-11-12(7-10)20-9-19-11/h3-4,7H,1-2,5-6,8-9H2,(H,15,17). The molecule has 0 unspecified atom stereocenters. The van der Waals surface area contributed by atoms with Gasteiger partial charge in [0.15, 0.2) is 11.5 Å². The van der Waals surface area contributed by atoms with E-state index in [1.807, 2.05) is 12.1 Å². The van der Waals surface area contributed by atoms with Gasteiger partial charge >= 0.3 is 11.8 Å². The first kappa shape index (κ1) is 12.8. The summed E-state index contributed by atoms with van der Waals surface area (Å²) in [5.74, 6) is 0.378. The lowest BCUT2D eigenvalue weighted by Gasteiger charge is -2.14. The second-order valence-corrected chi connectivity index (χ2v) is 4.87. The molecule has 0 saturated carbocycles. The smallest absolute Gasteiger partial charge is 0.311 e. The number of ether oxygens (including phenoxy) is 2. The predicted molar refractivity (Wildman–Crippen MR) is 70.2 cm³/mol. The summed E-state index contributed by atoms with van der Waals surface area (Å²) in [6.45, 7) is 1.88. The second-order valence-electron chi connectivity index (χ2n) is 4.87. The van der Waals surface area contributed by atoms with Crippen molar-refractivity contribution in [3.05, 3.63) is 23.8 Å². The first-order valence-electron chi connectivity index (χ1n) is 6.70. The number of nitrogens with one attached hydrogen (secondary N) is 1. The van der Waals surface area contributed by atoms with Gasteiger partial charge in [0.1, 0.15) is 0 Å². The van der Waals surface area contributed by atoms with Crippen LogP contribution in [0.1, 0.15) is 18.4 Å². The van der Waals surface area contributed by atoms with Crippen LogP contribution >= 0.6 is 0 Å². The largest absolute Gasteiger partial charge is 0.454 e. The van der Waals surface area contributed by atoms with E-state index in [-0.39, 0.29) is 6.79 Å². The van der Waals surface area contributed by atoms with Crippen LogP contribution in [0, 0.1) is 0 Å². The highest BCUT2D eigenvalue weighted by Crippen LogP contribution is 2.32. The monoisotopic (exact) mass is 276 g/mol. The van der Waals surface area contributed by atoms with Gasteiger partial charge in [0.2, 0.25) is 6.79 Å². The molecule has 2 amide bonds. The van der Waals surface area contributed by atoms with Gasteiger partial charge in [0, 0.05) is 19.6 Å². The fraction of sp³-hybridized carbons (Fsp3) is 0.429. The molecule has 1 aromatic carbocycles. The third-order valence-corrected chi connectivity index (χ3v) is 3.48. The first-order valence-corrected chi connectivity index (χ1v) is 6.70. The molecule has 2 heterocycles. The van der Waals surface area contributed by atoms with Gasteiger partial charge in [-0.1, -0.05) is 6.07 Å². The number of nitrogens with zero attached hydrogens (tertiary/aromatic N) is 1. The molecular weight excluding hydrogens is 260 g/mol. The van der Waals surface area contributed by atoms with Crippen LogP contribution in [0.5, 0.6) is 11.5 Å². The maximum Gasteiger partial charge on any atom is 0.311 e. The lowest BCUT2D eigenvalue weighted by molar-refractivity contribution is -0.145. The van der Waals surface area contributed by atoms with Crippen LogP contribution in [0.15, 0.2) is 18.2 Å². The third-order valence-electron chi connectivity index (χ3n) is 3.48. The van der Waals surface area contributed by atoms with E-state index in [1.54, 1.807) is 11.0 Å². The van der Waals surface area contributed by atoms with Crippen LogP contribution < -0.4 is 14.8 Å². The molecule has 0 atom stereocenters. The Labute approximate surface area is 116 Å². The summed E-state index contributed by atoms with van der Waals surface area (Å²) in [5, 5.41) is 2.64. The minimum atomic E-state index is -0.551. The van der Waals surface area contributed by atoms with Crippen molar-refractivity contribution in [3.8, 4) is 11.5 Å². The Kier molecular flexibility index (Phi) is 3.45. The van der Waals surface area contributed by atoms with E-state index in [0.717, 1.165) is 18.4 Å². The number of benzene rings is 1. The number of hydrogen-bond acceptors (Lipinski definition) is 4. The Morgan fingerprint density at radius 2 is 1.90 bits per heavy atom. The normalized spacial score (nSPS) is 16.3. The van der Waals surface area contributed by atoms with Crippen molar-refractivity contribution < 1.29 is 19.1 Å². The topological polar surface area (TPSA) is 67.9 Å². The van der Waals surface area contributed by atoms with E-state index in [1.165, 1.54) is 0 Å². The molecule has 2 aliphatic heterocycles. The highest BCUT2D eigenvalue weighted by molar-refractivity contribution is 6.35. The summed E-state index contributed by atoms with van der Waals surface area (Å²) >= 11 is 0. The molecule has 6 nitrogen and oxygen atoms in total. The third kappa shape index (κ3) is 2.54. The van der Waals surface area contributed by atoms with E-state index in [9.17, 15) is 9.59 Å². The van der Waals surface area contributed by atoms with Crippen LogP contribution in [0.4, 0.5) is 0 Å². The molecule has 6 heteroatoms. The second kappa shape index (κ2) is 5.40. The summed E-state index contributed by atoms with van der Waals surface area (Å²) in [5.41, 5.74) is 0.872. The number of rotatable bonds is 2. The van der Waals surface area contributed by atoms with Crippen molar-refractivity contribution in [2.45, 2.75) is 19.4 Å². The van der Waals surface area contributed by atoms with E-state index in [2.05, 4.69) is 5.32 Å². The van der Waals surface area contributed by atoms with Crippen molar-refractivity contribution in [1.82, 2.24) is 10.2 Å². The number of hydrogen-bond donors (Lipinski definition) is 1. The van der Waals surface area contributed by atoms with E-state index in [4.69, 9.17) is 9.47 Å². The van der Waals surface area contributed by atoms with Crippen LogP contribution in [-0.2, 0) is 16.1 Å². The van der Waals surface area contributed by atoms with Crippen molar-refractivity contribution >= 4 is 11.8 Å². The Morgan fingerprint density at radius 3 is 2.70 bits per heavy atom. The Hall–Kier alpha value is -2.24. The predicted octanol–water partition coefficient (Wildman–Crippen LogP) is 0.654. The molecular formula is C14H16N2O4. The summed E-state index contributed by atoms with van der Waals surface area (Å²) in [6, 6.07) is 5.45. The molecule has 20 heavy (non-hydrogen) atoms. The minimum Gasteiger partial charge on any atom is -0.454 e. The van der Waals surface area contributed by atoms with E-state index in [0.29, 0.717) is 31.1 Å². The molecule has 1 fully saturated rings. The van der Waals surface area contributed by atoms with Crippen molar-refractivity contribution in [2.24, 2.45) is 0 Å². The summed E-state index contributed by atoms with van der Waals surface area (Å²) < 4.78 is 10.5. The van der Waals surface area contributed by atoms with Crippen LogP contribution in [0.25, 0.3) is 0 Å². The zero-order valence-electron chi connectivity index (χ0n) is 11.1. The highest BCUT2D eigenvalue weighted by Gasteiger charge is 2.24. The van der Waals surface area contributed by atoms with Crippen LogP contribution in [0.2, 0.25) is 0 Å². The van der Waals surface area contributed by atoms with Gasteiger partial charge in [-0.2, -0.15) is 0 Å². The molecule has 0 aromatic heterocycles. The Balaban J connectivity index is 1.56. The minimum absolute atomic E-state index is 0.221. The zero-order valence-corrected chi connectivity index (χ0v) is 11.1. The summed E-state index contributed by atoms with van der Waals surface area (Å²) in [6.07, 6.45) is 1.95. The van der Waals surface area contributed by atoms with E-state index >= 15 is 0 Å². The number of fused-ring (bicyclic) bond motifs is 1. The van der Waals surface area contributed by atoms with Crippen LogP contribution in [-0.4, -0.2) is 36.6 Å². The Morgan fingerprint density at radius 1 is 1.15 bits per heavy atom. The average molecular weight is 276 g/mol. The molecule has 3 rings (SSSR count). The lowest BCUT2D eigenvalue weighted by Crippen LogP contribution is -2.41. The molecule has 1 aromatic rings. The molecule has 1 N–H and O–H groups in total. The number of likely N-dealkylation sites (tertiary alicyclic amines) is 1. The van der Waals surface area contributed by atoms with Crippen LogP contribution in [0.3, 0.4) is 0 Å². The molecule has 0 bridgehead atoms. The van der Waals surface area contributed by atoms with Gasteiger partial charge < -0.3 is 19.7 Å². The van der Waals surface area contributed by atoms with Gasteiger partial charge in [-0.05, 0) is 30.5 Å². The maximum absolute atomic E-state index is 11.8. The summed E-state index contributed by atoms with van der Waals surface area (Å²) in [4.78, 5) is 25.2. The van der Waals surface area contributed by atoms with Gasteiger partial charge in [0.05, 0.1) is 0 Å². The van der Waals surface area contributed by atoms with Gasteiger partial charge in [0.25, 0.3) is 0 Å². The average Bonchev–Trinajstić information content (AvgIpc) is 3.13. The molecule has 0 radical (unpaired) electrons. The fourth-order valence-corrected chi connectivity index (χ4v) is 2.37. The van der Waals surface area contributed by atoms with E-state index < -0.39 is 11.8 Å². The van der Waals surface area contributed by atoms with Gasteiger partial charge in [-0.25, -0.2) is 0 Å². The number of carbonyl (C=O) groups is 2. The lowest BCUT2D eigenvalue weighted by atomic mass is 10.2. The zero-order chi connectivity index (χ0) is 13.9. The maximum atomic E-state index is 11.8. The quantitative estimate of drug-likeness (QED) is 0.806. The number of amides is 2. The molecule has 1 saturated heterocycles. The number of carbonyl (C=O) groups excluding carboxylic acids is 2.